The molecule has 1 aromatic carbocycles. The number of imide groups is 1. The average molecular weight is 418 g/mol. The van der Waals surface area contributed by atoms with E-state index in [1.54, 1.807) is 46.8 Å². The molecule has 1 atom stereocenters. The molecule has 162 valence electrons. The summed E-state index contributed by atoms with van der Waals surface area (Å²) >= 11 is 0. The van der Waals surface area contributed by atoms with Gasteiger partial charge in [0.1, 0.15) is 11.3 Å². The number of amides is 3. The zero-order valence-electron chi connectivity index (χ0n) is 17.9. The van der Waals surface area contributed by atoms with Crippen molar-refractivity contribution >= 4 is 17.9 Å². The first-order valence-corrected chi connectivity index (χ1v) is 9.92. The topological polar surface area (TPSA) is 76.2 Å². The quantitative estimate of drug-likeness (QED) is 0.540. The van der Waals surface area contributed by atoms with Crippen LogP contribution in [0.1, 0.15) is 68.2 Å². The SMILES string of the molecule is CC(C)(C)OC(=O)N1[C@@H](CC/C=C(\F)N2C(=O)c3ccccc3C2=O)COC1(C)C. The summed E-state index contributed by atoms with van der Waals surface area (Å²) in [6, 6.07) is 5.94. The van der Waals surface area contributed by atoms with Gasteiger partial charge >= 0.3 is 6.09 Å². The Hall–Kier alpha value is -2.74. The summed E-state index contributed by atoms with van der Waals surface area (Å²) < 4.78 is 25.9. The van der Waals surface area contributed by atoms with Crippen molar-refractivity contribution in [2.75, 3.05) is 6.61 Å². The Kier molecular flexibility index (Phi) is 5.73. The van der Waals surface area contributed by atoms with Crippen molar-refractivity contribution < 1.29 is 28.2 Å². The molecule has 3 amide bonds. The third-order valence-electron chi connectivity index (χ3n) is 4.98. The first-order valence-electron chi connectivity index (χ1n) is 9.92. The van der Waals surface area contributed by atoms with Crippen molar-refractivity contribution in [2.45, 2.75) is 64.8 Å². The van der Waals surface area contributed by atoms with Crippen molar-refractivity contribution in [1.82, 2.24) is 9.80 Å². The lowest BCUT2D eigenvalue weighted by Gasteiger charge is -2.35. The van der Waals surface area contributed by atoms with Gasteiger partial charge < -0.3 is 9.47 Å². The van der Waals surface area contributed by atoms with Crippen LogP contribution in [0.4, 0.5) is 9.18 Å². The molecule has 0 aromatic heterocycles. The van der Waals surface area contributed by atoms with E-state index in [0.29, 0.717) is 11.3 Å². The number of hydrogen-bond donors (Lipinski definition) is 0. The van der Waals surface area contributed by atoms with Crippen molar-refractivity contribution in [3.8, 4) is 0 Å². The monoisotopic (exact) mass is 418 g/mol. The van der Waals surface area contributed by atoms with Gasteiger partial charge in [-0.1, -0.05) is 12.1 Å². The maximum atomic E-state index is 14.7. The van der Waals surface area contributed by atoms with Crippen LogP contribution < -0.4 is 0 Å². The summed E-state index contributed by atoms with van der Waals surface area (Å²) in [5.41, 5.74) is -1.13. The second-order valence-electron chi connectivity index (χ2n) is 8.86. The predicted molar refractivity (Wildman–Crippen MR) is 107 cm³/mol. The Bertz CT molecular complexity index is 868. The van der Waals surface area contributed by atoms with Gasteiger partial charge in [-0.2, -0.15) is 4.39 Å². The van der Waals surface area contributed by atoms with Gasteiger partial charge in [-0.25, -0.2) is 9.69 Å². The largest absolute Gasteiger partial charge is 0.444 e. The minimum Gasteiger partial charge on any atom is -0.444 e. The zero-order valence-corrected chi connectivity index (χ0v) is 17.9. The Labute approximate surface area is 175 Å². The van der Waals surface area contributed by atoms with E-state index in [2.05, 4.69) is 0 Å². The van der Waals surface area contributed by atoms with Gasteiger partial charge in [0.2, 0.25) is 0 Å². The van der Waals surface area contributed by atoms with Crippen LogP contribution in [0.25, 0.3) is 0 Å². The van der Waals surface area contributed by atoms with E-state index in [9.17, 15) is 18.8 Å². The van der Waals surface area contributed by atoms with Crippen LogP contribution >= 0.6 is 0 Å². The summed E-state index contributed by atoms with van der Waals surface area (Å²) in [5, 5.41) is 0. The Morgan fingerprint density at radius 3 is 2.33 bits per heavy atom. The molecule has 1 saturated heterocycles. The highest BCUT2D eigenvalue weighted by Gasteiger charge is 2.45. The highest BCUT2D eigenvalue weighted by Crippen LogP contribution is 2.32. The first kappa shape index (κ1) is 22.0. The fourth-order valence-corrected chi connectivity index (χ4v) is 3.65. The average Bonchev–Trinajstić information content (AvgIpc) is 3.07. The molecule has 0 spiro atoms. The second-order valence-corrected chi connectivity index (χ2v) is 8.86. The van der Waals surface area contributed by atoms with Gasteiger partial charge in [0, 0.05) is 0 Å². The third-order valence-corrected chi connectivity index (χ3v) is 4.98. The van der Waals surface area contributed by atoms with E-state index in [1.165, 1.54) is 23.1 Å². The zero-order chi connectivity index (χ0) is 22.3. The number of fused-ring (bicyclic) bond motifs is 1. The normalized spacial score (nSPS) is 21.3. The number of allylic oxidation sites excluding steroid dienone is 1. The van der Waals surface area contributed by atoms with Crippen molar-refractivity contribution in [2.24, 2.45) is 0 Å². The van der Waals surface area contributed by atoms with Crippen LogP contribution in [0.2, 0.25) is 0 Å². The smallest absolute Gasteiger partial charge is 0.412 e. The van der Waals surface area contributed by atoms with E-state index in [-0.39, 0.29) is 30.2 Å². The Balaban J connectivity index is 1.68. The van der Waals surface area contributed by atoms with E-state index >= 15 is 0 Å². The third kappa shape index (κ3) is 4.23. The summed E-state index contributed by atoms with van der Waals surface area (Å²) in [5.74, 6) is -2.27. The lowest BCUT2D eigenvalue weighted by molar-refractivity contribution is -0.0626. The molecule has 0 unspecified atom stereocenters. The molecule has 7 nitrogen and oxygen atoms in total. The highest BCUT2D eigenvalue weighted by molar-refractivity contribution is 6.22. The van der Waals surface area contributed by atoms with Gasteiger partial charge in [0.15, 0.2) is 5.95 Å². The maximum Gasteiger partial charge on any atom is 0.412 e. The number of hydrogen-bond acceptors (Lipinski definition) is 5. The number of benzene rings is 1. The molecule has 1 fully saturated rings. The van der Waals surface area contributed by atoms with E-state index < -0.39 is 35.2 Å². The van der Waals surface area contributed by atoms with Gasteiger partial charge in [0.25, 0.3) is 11.8 Å². The highest BCUT2D eigenvalue weighted by atomic mass is 19.1. The number of halogens is 1. The first-order chi connectivity index (χ1) is 13.9. The van der Waals surface area contributed by atoms with Crippen molar-refractivity contribution in [1.29, 1.82) is 0 Å². The van der Waals surface area contributed by atoms with Crippen LogP contribution in [0.3, 0.4) is 0 Å². The van der Waals surface area contributed by atoms with Crippen molar-refractivity contribution in [3.05, 3.63) is 47.4 Å². The van der Waals surface area contributed by atoms with Gasteiger partial charge in [-0.3, -0.25) is 14.5 Å². The minimum atomic E-state index is -0.914. The fourth-order valence-electron chi connectivity index (χ4n) is 3.65. The summed E-state index contributed by atoms with van der Waals surface area (Å²) in [6.07, 6.45) is 1.29. The van der Waals surface area contributed by atoms with E-state index in [0.717, 1.165) is 0 Å². The molecule has 30 heavy (non-hydrogen) atoms. The van der Waals surface area contributed by atoms with E-state index in [1.807, 2.05) is 0 Å². The van der Waals surface area contributed by atoms with Crippen LogP contribution in [0, 0.1) is 0 Å². The lowest BCUT2D eigenvalue weighted by Crippen LogP contribution is -2.49. The van der Waals surface area contributed by atoms with Gasteiger partial charge in [0.05, 0.1) is 23.8 Å². The fraction of sp³-hybridized carbons (Fsp3) is 0.500. The number of carbonyl (C=O) groups excluding carboxylic acids is 3. The van der Waals surface area contributed by atoms with Gasteiger partial charge in [-0.15, -0.1) is 0 Å². The molecule has 0 aliphatic carbocycles. The molecule has 0 bridgehead atoms. The molecule has 0 saturated carbocycles. The number of nitrogens with zero attached hydrogens (tertiary/aromatic N) is 2. The molecule has 2 aliphatic rings. The van der Waals surface area contributed by atoms with Crippen LogP contribution in [0.15, 0.2) is 36.3 Å². The second kappa shape index (κ2) is 7.83. The van der Waals surface area contributed by atoms with Crippen LogP contribution in [-0.4, -0.2) is 51.7 Å². The minimum absolute atomic E-state index is 0.188. The van der Waals surface area contributed by atoms with Crippen molar-refractivity contribution in [3.63, 3.8) is 0 Å². The molecule has 2 aliphatic heterocycles. The Morgan fingerprint density at radius 2 is 1.80 bits per heavy atom. The van der Waals surface area contributed by atoms with Crippen LogP contribution in [0.5, 0.6) is 0 Å². The standard InChI is InChI=1S/C22H27FN2O5/c1-21(2,3)30-20(28)25-14(13-29-22(25,4)5)9-8-12-17(23)24-18(26)15-10-6-7-11-16(15)19(24)27/h6-7,10-12,14H,8-9,13H2,1-5H3/b17-12+/t14-/m0/s1. The maximum absolute atomic E-state index is 14.7. The molecule has 1 aromatic rings. The molecule has 2 heterocycles. The Morgan fingerprint density at radius 1 is 1.23 bits per heavy atom. The molecular formula is C22H27FN2O5. The summed E-state index contributed by atoms with van der Waals surface area (Å²) in [6.45, 7) is 9.17. The lowest BCUT2D eigenvalue weighted by atomic mass is 10.1. The summed E-state index contributed by atoms with van der Waals surface area (Å²) in [7, 11) is 0. The summed E-state index contributed by atoms with van der Waals surface area (Å²) in [4.78, 5) is 39.4. The predicted octanol–water partition coefficient (Wildman–Crippen LogP) is 4.25. The molecule has 8 heteroatoms. The molecule has 3 rings (SSSR count). The van der Waals surface area contributed by atoms with Crippen LogP contribution in [-0.2, 0) is 9.47 Å². The molecule has 0 N–H and O–H groups in total. The van der Waals surface area contributed by atoms with E-state index in [4.69, 9.17) is 9.47 Å². The number of rotatable bonds is 4. The number of carbonyl (C=O) groups is 3. The molecule has 0 radical (unpaired) electrons. The molecular weight excluding hydrogens is 391 g/mol. The number of ether oxygens (including phenoxy) is 2. The van der Waals surface area contributed by atoms with Gasteiger partial charge in [-0.05, 0) is 65.7 Å².